The van der Waals surface area contributed by atoms with E-state index in [9.17, 15) is 14.2 Å². The summed E-state index contributed by atoms with van der Waals surface area (Å²) in [5, 5.41) is 0.445. The van der Waals surface area contributed by atoms with Crippen molar-refractivity contribution >= 4 is 24.8 Å². The molecule has 0 heterocycles. The monoisotopic (exact) mass is 424 g/mol. The van der Waals surface area contributed by atoms with Gasteiger partial charge in [0.05, 0.1) is 18.5 Å². The van der Waals surface area contributed by atoms with Gasteiger partial charge >= 0.3 is 19.5 Å². The SMILES string of the molecule is C=C(C)C(=O)OCCOP(=O)(OCCOC(=O)C(=C)C)c1c(C)cc(C)cc1C. The minimum absolute atomic E-state index is 0.104. The Balaban J connectivity index is 2.92. The van der Waals surface area contributed by atoms with Crippen LogP contribution >= 0.6 is 7.60 Å². The predicted molar refractivity (Wildman–Crippen MR) is 111 cm³/mol. The van der Waals surface area contributed by atoms with Crippen LogP contribution in [0, 0.1) is 20.8 Å². The molecule has 8 heteroatoms. The molecular formula is C21H29O7P. The molecule has 0 atom stereocenters. The number of hydrogen-bond acceptors (Lipinski definition) is 7. The van der Waals surface area contributed by atoms with Gasteiger partial charge in [-0.15, -0.1) is 0 Å². The Hall–Kier alpha value is -2.21. The highest BCUT2D eigenvalue weighted by molar-refractivity contribution is 7.62. The van der Waals surface area contributed by atoms with Gasteiger partial charge in [0.2, 0.25) is 0 Å². The van der Waals surface area contributed by atoms with E-state index in [1.165, 1.54) is 13.8 Å². The van der Waals surface area contributed by atoms with Crippen LogP contribution in [0.5, 0.6) is 0 Å². The maximum Gasteiger partial charge on any atom is 0.362 e. The number of benzene rings is 1. The Labute approximate surface area is 172 Å². The first-order chi connectivity index (χ1) is 13.5. The zero-order valence-corrected chi connectivity index (χ0v) is 18.6. The number of ether oxygens (including phenoxy) is 2. The molecule has 160 valence electrons. The maximum atomic E-state index is 13.6. The molecule has 0 N–H and O–H groups in total. The predicted octanol–water partition coefficient (Wildman–Crippen LogP) is 3.70. The highest BCUT2D eigenvalue weighted by Crippen LogP contribution is 2.48. The maximum absolute atomic E-state index is 13.6. The van der Waals surface area contributed by atoms with E-state index in [1.807, 2.05) is 32.9 Å². The number of hydrogen-bond donors (Lipinski definition) is 0. The van der Waals surface area contributed by atoms with Gasteiger partial charge in [0.25, 0.3) is 0 Å². The van der Waals surface area contributed by atoms with Gasteiger partial charge in [-0.25, -0.2) is 9.59 Å². The summed E-state index contributed by atoms with van der Waals surface area (Å²) in [5.74, 6) is -1.11. The standard InChI is InChI=1S/C21H29O7P/c1-14(2)20(22)25-8-10-27-29(24,28-11-9-26-21(23)15(3)4)19-17(6)12-16(5)13-18(19)7/h12-13H,1,3,8-11H2,2,4-7H3. The molecule has 0 aliphatic heterocycles. The summed E-state index contributed by atoms with van der Waals surface area (Å²) in [6.45, 7) is 15.2. The minimum Gasteiger partial charge on any atom is -0.460 e. The number of rotatable bonds is 11. The molecule has 0 unspecified atom stereocenters. The molecule has 1 aromatic rings. The van der Waals surface area contributed by atoms with Crippen LogP contribution in [0.1, 0.15) is 30.5 Å². The van der Waals surface area contributed by atoms with E-state index in [0.717, 1.165) is 16.7 Å². The Morgan fingerprint density at radius 2 is 1.21 bits per heavy atom. The van der Waals surface area contributed by atoms with Gasteiger partial charge < -0.3 is 18.5 Å². The first kappa shape index (κ1) is 24.8. The Morgan fingerprint density at radius 3 is 1.55 bits per heavy atom. The second kappa shape index (κ2) is 11.1. The molecule has 0 aliphatic rings. The molecule has 1 rings (SSSR count). The molecule has 0 radical (unpaired) electrons. The molecule has 0 spiro atoms. The number of carbonyl (C=O) groups is 2. The van der Waals surface area contributed by atoms with Crippen LogP contribution in [0.3, 0.4) is 0 Å². The van der Waals surface area contributed by atoms with Crippen molar-refractivity contribution in [1.29, 1.82) is 0 Å². The first-order valence-corrected chi connectivity index (χ1v) is 10.6. The molecule has 0 saturated carbocycles. The van der Waals surface area contributed by atoms with Crippen molar-refractivity contribution in [2.75, 3.05) is 26.4 Å². The van der Waals surface area contributed by atoms with Crippen LogP contribution in [-0.4, -0.2) is 38.4 Å². The molecule has 0 bridgehead atoms. The van der Waals surface area contributed by atoms with Gasteiger partial charge in [-0.3, -0.25) is 4.57 Å². The zero-order valence-electron chi connectivity index (χ0n) is 17.7. The van der Waals surface area contributed by atoms with E-state index in [0.29, 0.717) is 5.30 Å². The topological polar surface area (TPSA) is 88.1 Å². The normalized spacial score (nSPS) is 11.1. The molecule has 0 saturated heterocycles. The zero-order chi connectivity index (χ0) is 22.2. The summed E-state index contributed by atoms with van der Waals surface area (Å²) in [7, 11) is -3.76. The largest absolute Gasteiger partial charge is 0.460 e. The molecule has 7 nitrogen and oxygen atoms in total. The number of esters is 2. The molecule has 0 aromatic heterocycles. The van der Waals surface area contributed by atoms with Crippen LogP contribution in [0.25, 0.3) is 0 Å². The lowest BCUT2D eigenvalue weighted by molar-refractivity contribution is -0.140. The fourth-order valence-electron chi connectivity index (χ4n) is 2.60. The third kappa shape index (κ3) is 7.61. The second-order valence-corrected chi connectivity index (χ2v) is 8.70. The van der Waals surface area contributed by atoms with Crippen molar-refractivity contribution in [2.45, 2.75) is 34.6 Å². The van der Waals surface area contributed by atoms with E-state index < -0.39 is 19.5 Å². The van der Waals surface area contributed by atoms with Gasteiger partial charge in [-0.05, 0) is 45.7 Å². The highest BCUT2D eigenvalue weighted by Gasteiger charge is 2.31. The summed E-state index contributed by atoms with van der Waals surface area (Å²) in [6.07, 6.45) is 0. The summed E-state index contributed by atoms with van der Waals surface area (Å²) in [6, 6.07) is 3.76. The highest BCUT2D eigenvalue weighted by atomic mass is 31.2. The smallest absolute Gasteiger partial charge is 0.362 e. The van der Waals surface area contributed by atoms with Gasteiger partial charge in [0.1, 0.15) is 13.2 Å². The van der Waals surface area contributed by atoms with E-state index in [-0.39, 0.29) is 37.6 Å². The number of aryl methyl sites for hydroxylation is 3. The van der Waals surface area contributed by atoms with E-state index in [1.54, 1.807) is 0 Å². The van der Waals surface area contributed by atoms with Gasteiger partial charge in [-0.2, -0.15) is 0 Å². The average molecular weight is 424 g/mol. The van der Waals surface area contributed by atoms with Crippen LogP contribution in [0.15, 0.2) is 36.4 Å². The van der Waals surface area contributed by atoms with Crippen molar-refractivity contribution in [1.82, 2.24) is 0 Å². The Kier molecular flexibility index (Phi) is 9.50. The number of carbonyl (C=O) groups excluding carboxylic acids is 2. The van der Waals surface area contributed by atoms with E-state index >= 15 is 0 Å². The molecule has 0 amide bonds. The molecule has 0 aliphatic carbocycles. The van der Waals surface area contributed by atoms with Crippen LogP contribution < -0.4 is 5.30 Å². The quantitative estimate of drug-likeness (QED) is 0.232. The molecule has 0 fully saturated rings. The van der Waals surface area contributed by atoms with Crippen LogP contribution in [0.2, 0.25) is 0 Å². The Bertz CT molecular complexity index is 780. The van der Waals surface area contributed by atoms with Crippen LogP contribution in [-0.2, 0) is 32.7 Å². The molecule has 29 heavy (non-hydrogen) atoms. The van der Waals surface area contributed by atoms with Gasteiger partial charge in [0, 0.05) is 11.1 Å². The second-order valence-electron chi connectivity index (χ2n) is 6.74. The van der Waals surface area contributed by atoms with Crippen molar-refractivity contribution in [3.63, 3.8) is 0 Å². The van der Waals surface area contributed by atoms with Crippen molar-refractivity contribution in [2.24, 2.45) is 0 Å². The lowest BCUT2D eigenvalue weighted by atomic mass is 10.1. The van der Waals surface area contributed by atoms with Gasteiger partial charge in [-0.1, -0.05) is 30.9 Å². The fraction of sp³-hybridized carbons (Fsp3) is 0.429. The minimum atomic E-state index is -3.76. The summed E-state index contributed by atoms with van der Waals surface area (Å²) >= 11 is 0. The fourth-order valence-corrected chi connectivity index (χ4v) is 4.56. The average Bonchev–Trinajstić information content (AvgIpc) is 2.60. The lowest BCUT2D eigenvalue weighted by Crippen LogP contribution is -2.21. The summed E-state index contributed by atoms with van der Waals surface area (Å²) < 4.78 is 34.7. The van der Waals surface area contributed by atoms with Crippen molar-refractivity contribution < 1.29 is 32.7 Å². The Morgan fingerprint density at radius 1 is 0.828 bits per heavy atom. The molecule has 1 aromatic carbocycles. The third-order valence-electron chi connectivity index (χ3n) is 3.76. The third-order valence-corrected chi connectivity index (χ3v) is 6.06. The van der Waals surface area contributed by atoms with Gasteiger partial charge in [0.15, 0.2) is 0 Å². The first-order valence-electron chi connectivity index (χ1n) is 9.10. The van der Waals surface area contributed by atoms with E-state index in [2.05, 4.69) is 13.2 Å². The summed E-state index contributed by atoms with van der Waals surface area (Å²) in [4.78, 5) is 23.0. The van der Waals surface area contributed by atoms with E-state index in [4.69, 9.17) is 18.5 Å². The van der Waals surface area contributed by atoms with Crippen LogP contribution in [0.4, 0.5) is 0 Å². The molecular weight excluding hydrogens is 395 g/mol. The van der Waals surface area contributed by atoms with Crippen molar-refractivity contribution in [3.8, 4) is 0 Å². The summed E-state index contributed by atoms with van der Waals surface area (Å²) in [5.41, 5.74) is 3.04. The lowest BCUT2D eigenvalue weighted by Gasteiger charge is -2.22. The van der Waals surface area contributed by atoms with Crippen molar-refractivity contribution in [3.05, 3.63) is 53.1 Å².